The Labute approximate surface area is 56.3 Å². The molecule has 10 heteroatoms. The van der Waals surface area contributed by atoms with Crippen LogP contribution in [0.5, 0.6) is 0 Å². The molecule has 0 aromatic carbocycles. The summed E-state index contributed by atoms with van der Waals surface area (Å²) in [5.74, 6) is 0. The Morgan fingerprint density at radius 3 is 0.400 bits per heavy atom. The fraction of sp³-hybridized carbons (Fsp3) is 0. The van der Waals surface area contributed by atoms with Crippen molar-refractivity contribution in [2.75, 3.05) is 0 Å². The SMILES string of the molecule is [O]=[Mn](=[O])(=[O])=[O].[O]=[Mn](=[O])(=[O])=[O]. The van der Waals surface area contributed by atoms with Crippen LogP contribution in [-0.2, 0) is 55.8 Å². The maximum atomic E-state index is 8.58. The Balaban J connectivity index is 0. The quantitative estimate of drug-likeness (QED) is 0.492. The normalized spacial score (nSPS) is 11.2. The predicted octanol–water partition coefficient (Wildman–Crippen LogP) is -0.955. The predicted molar refractivity (Wildman–Crippen MR) is 5.49 cm³/mol. The van der Waals surface area contributed by atoms with Gasteiger partial charge in [0.05, 0.1) is 0 Å². The van der Waals surface area contributed by atoms with E-state index in [1.807, 2.05) is 0 Å². The van der Waals surface area contributed by atoms with Crippen molar-refractivity contribution in [1.29, 1.82) is 0 Å². The molecule has 0 saturated carbocycles. The van der Waals surface area contributed by atoms with Gasteiger partial charge in [-0.2, -0.15) is 0 Å². The monoisotopic (exact) mass is 238 g/mol. The van der Waals surface area contributed by atoms with Crippen molar-refractivity contribution in [2.24, 2.45) is 0 Å². The molecule has 0 atom stereocenters. The van der Waals surface area contributed by atoms with E-state index in [1.165, 1.54) is 0 Å². The average Bonchev–Trinajstić information content (AvgIpc) is 1.12. The Hall–Kier alpha value is -0.561. The molecular formula is Mn2O8. The van der Waals surface area contributed by atoms with E-state index >= 15 is 0 Å². The number of hydrogen-bond acceptors (Lipinski definition) is 8. The molecule has 0 saturated heterocycles. The van der Waals surface area contributed by atoms with Gasteiger partial charge >= 0.3 is 55.8 Å². The Morgan fingerprint density at radius 1 is 0.400 bits per heavy atom. The van der Waals surface area contributed by atoms with Gasteiger partial charge in [-0.25, -0.2) is 0 Å². The second-order valence-electron chi connectivity index (χ2n) is 0.756. The van der Waals surface area contributed by atoms with Crippen molar-refractivity contribution in [2.45, 2.75) is 0 Å². The van der Waals surface area contributed by atoms with Crippen LogP contribution in [0.1, 0.15) is 0 Å². The third-order valence-corrected chi connectivity index (χ3v) is 0. The van der Waals surface area contributed by atoms with Crippen LogP contribution in [0.2, 0.25) is 0 Å². The molecule has 62 valence electrons. The Kier molecular flexibility index (Phi) is 4.34. The molecule has 0 aromatic rings. The summed E-state index contributed by atoms with van der Waals surface area (Å²) in [6, 6.07) is 0. The Morgan fingerprint density at radius 2 is 0.400 bits per heavy atom. The summed E-state index contributed by atoms with van der Waals surface area (Å²) in [6.45, 7) is 0. The van der Waals surface area contributed by atoms with Crippen molar-refractivity contribution in [3.63, 3.8) is 0 Å². The number of rotatable bonds is 0. The molecular weight excluding hydrogens is 238 g/mol. The van der Waals surface area contributed by atoms with Crippen molar-refractivity contribution in [3.8, 4) is 0 Å². The van der Waals surface area contributed by atoms with E-state index in [4.69, 9.17) is 30.7 Å². The summed E-state index contributed by atoms with van der Waals surface area (Å²) in [7, 11) is 0. The second-order valence-corrected chi connectivity index (χ2v) is 3.12. The first-order valence-electron chi connectivity index (χ1n) is 1.23. The van der Waals surface area contributed by atoms with Gasteiger partial charge in [-0.1, -0.05) is 0 Å². The molecule has 0 N–H and O–H groups in total. The van der Waals surface area contributed by atoms with E-state index < -0.39 is 25.1 Å². The minimum absolute atomic E-state index is 5.62. The van der Waals surface area contributed by atoms with Crippen LogP contribution in [0, 0.1) is 0 Å². The molecule has 8 nitrogen and oxygen atoms in total. The van der Waals surface area contributed by atoms with Crippen molar-refractivity contribution >= 4 is 0 Å². The third kappa shape index (κ3) is 980. The number of hydrogen-bond donors (Lipinski definition) is 0. The van der Waals surface area contributed by atoms with Crippen LogP contribution < -0.4 is 0 Å². The molecule has 0 spiro atoms. The van der Waals surface area contributed by atoms with Gasteiger partial charge in [-0.05, 0) is 0 Å². The van der Waals surface area contributed by atoms with Crippen molar-refractivity contribution in [3.05, 3.63) is 0 Å². The summed E-state index contributed by atoms with van der Waals surface area (Å²) >= 11 is -11.2. The summed E-state index contributed by atoms with van der Waals surface area (Å²) in [4.78, 5) is 0. The molecule has 0 aliphatic heterocycles. The van der Waals surface area contributed by atoms with Crippen LogP contribution in [0.15, 0.2) is 0 Å². The van der Waals surface area contributed by atoms with E-state index in [0.717, 1.165) is 0 Å². The standard InChI is InChI=1S/2Mn.8O. The molecule has 0 fully saturated rings. The zero-order chi connectivity index (χ0) is 9.00. The fourth-order valence-electron chi connectivity index (χ4n) is 0. The summed E-state index contributed by atoms with van der Waals surface area (Å²) in [6.07, 6.45) is 0. The molecule has 10 heavy (non-hydrogen) atoms. The molecule has 0 aliphatic carbocycles. The molecule has 0 radical (unpaired) electrons. The van der Waals surface area contributed by atoms with Crippen LogP contribution in [-0.4, -0.2) is 0 Å². The van der Waals surface area contributed by atoms with Gasteiger partial charge in [0.2, 0.25) is 0 Å². The van der Waals surface area contributed by atoms with Gasteiger partial charge in [-0.3, -0.25) is 0 Å². The molecule has 0 aliphatic rings. The molecule has 0 bridgehead atoms. The molecule has 0 rings (SSSR count). The second kappa shape index (κ2) is 3.57. The third-order valence-electron chi connectivity index (χ3n) is 0. The van der Waals surface area contributed by atoms with Crippen LogP contribution in [0.4, 0.5) is 0 Å². The molecule has 0 aromatic heterocycles. The maximum absolute atomic E-state index is 8.58. The van der Waals surface area contributed by atoms with E-state index in [-0.39, 0.29) is 0 Å². The topological polar surface area (TPSA) is 137 Å². The van der Waals surface area contributed by atoms with E-state index in [9.17, 15) is 0 Å². The first-order valence-corrected chi connectivity index (χ1v) is 5.09. The van der Waals surface area contributed by atoms with Crippen LogP contribution in [0.25, 0.3) is 0 Å². The van der Waals surface area contributed by atoms with Crippen LogP contribution >= 0.6 is 0 Å². The van der Waals surface area contributed by atoms with Gasteiger partial charge < -0.3 is 0 Å². The minimum atomic E-state index is -5.62. The first-order chi connectivity index (χ1) is 4.00. The summed E-state index contributed by atoms with van der Waals surface area (Å²) in [5.41, 5.74) is 0. The van der Waals surface area contributed by atoms with Crippen molar-refractivity contribution in [1.82, 2.24) is 0 Å². The van der Waals surface area contributed by atoms with E-state index in [0.29, 0.717) is 0 Å². The fourth-order valence-corrected chi connectivity index (χ4v) is 0. The van der Waals surface area contributed by atoms with E-state index in [2.05, 4.69) is 0 Å². The molecule has 0 heterocycles. The van der Waals surface area contributed by atoms with Crippen molar-refractivity contribution < 1.29 is 55.8 Å². The first kappa shape index (κ1) is 12.1. The van der Waals surface area contributed by atoms with Crippen LogP contribution in [0.3, 0.4) is 0 Å². The van der Waals surface area contributed by atoms with Gasteiger partial charge in [0.15, 0.2) is 0 Å². The zero-order valence-electron chi connectivity index (χ0n) is 4.02. The molecule has 0 unspecified atom stereocenters. The van der Waals surface area contributed by atoms with Gasteiger partial charge in [-0.15, -0.1) is 0 Å². The zero-order valence-corrected chi connectivity index (χ0v) is 6.38. The average molecular weight is 238 g/mol. The van der Waals surface area contributed by atoms with Gasteiger partial charge in [0.1, 0.15) is 0 Å². The summed E-state index contributed by atoms with van der Waals surface area (Å²) < 4.78 is 68.6. The van der Waals surface area contributed by atoms with Gasteiger partial charge in [0.25, 0.3) is 0 Å². The van der Waals surface area contributed by atoms with E-state index in [1.54, 1.807) is 0 Å². The van der Waals surface area contributed by atoms with Gasteiger partial charge in [0, 0.05) is 0 Å². The molecule has 0 amide bonds. The summed E-state index contributed by atoms with van der Waals surface area (Å²) in [5, 5.41) is 0. The Bertz CT molecular complexity index is 366.